The number of amides is 1. The van der Waals surface area contributed by atoms with E-state index in [-0.39, 0.29) is 23.7 Å². The second kappa shape index (κ2) is 9.44. The van der Waals surface area contributed by atoms with E-state index < -0.39 is 9.84 Å². The summed E-state index contributed by atoms with van der Waals surface area (Å²) in [5.41, 5.74) is 1.33. The molecule has 0 N–H and O–H groups in total. The van der Waals surface area contributed by atoms with Gasteiger partial charge in [-0.3, -0.25) is 9.69 Å². The Bertz CT molecular complexity index is 982. The van der Waals surface area contributed by atoms with Crippen molar-refractivity contribution in [2.75, 3.05) is 44.7 Å². The third-order valence-corrected chi connectivity index (χ3v) is 6.34. The monoisotopic (exact) mass is 448 g/mol. The van der Waals surface area contributed by atoms with Crippen LogP contribution >= 0.6 is 0 Å². The molecule has 1 saturated heterocycles. The lowest BCUT2D eigenvalue weighted by Crippen LogP contribution is -2.49. The van der Waals surface area contributed by atoms with E-state index in [2.05, 4.69) is 37.8 Å². The topological polar surface area (TPSA) is 80.1 Å². The lowest BCUT2D eigenvalue weighted by atomic mass is 9.87. The number of rotatable bonds is 7. The number of sulfone groups is 1. The Kier molecular flexibility index (Phi) is 7.11. The summed E-state index contributed by atoms with van der Waals surface area (Å²) in [6.45, 7) is 9.66. The number of carbonyl (C=O) groups is 1. The van der Waals surface area contributed by atoms with Gasteiger partial charge in [0, 0.05) is 39.0 Å². The standard InChI is InChI=1S/C23H32N2O5S/c1-23(2,3)18-5-7-19(8-6-18)29-17-20-9-10-21(30-20)22(26)25-13-11-24(12-14-25)15-16-31(4,27)28/h5-10H,11-17H2,1-4H3. The summed E-state index contributed by atoms with van der Waals surface area (Å²) in [6, 6.07) is 11.4. The Hall–Kier alpha value is -2.32. The van der Waals surface area contributed by atoms with Gasteiger partial charge >= 0.3 is 0 Å². The van der Waals surface area contributed by atoms with Gasteiger partial charge in [0.15, 0.2) is 5.76 Å². The molecule has 31 heavy (non-hydrogen) atoms. The summed E-state index contributed by atoms with van der Waals surface area (Å²) >= 11 is 0. The van der Waals surface area contributed by atoms with Gasteiger partial charge < -0.3 is 14.1 Å². The van der Waals surface area contributed by atoms with E-state index in [1.807, 2.05) is 12.1 Å². The van der Waals surface area contributed by atoms with Crippen LogP contribution in [0, 0.1) is 0 Å². The van der Waals surface area contributed by atoms with Crippen molar-refractivity contribution in [1.29, 1.82) is 0 Å². The maximum atomic E-state index is 12.7. The van der Waals surface area contributed by atoms with Gasteiger partial charge in [-0.05, 0) is 35.2 Å². The van der Waals surface area contributed by atoms with Gasteiger partial charge in [-0.15, -0.1) is 0 Å². The summed E-state index contributed by atoms with van der Waals surface area (Å²) in [5.74, 6) is 1.63. The Morgan fingerprint density at radius 2 is 1.68 bits per heavy atom. The van der Waals surface area contributed by atoms with E-state index in [1.165, 1.54) is 11.8 Å². The van der Waals surface area contributed by atoms with Crippen LogP contribution in [0.25, 0.3) is 0 Å². The minimum atomic E-state index is -2.98. The third-order valence-electron chi connectivity index (χ3n) is 5.41. The van der Waals surface area contributed by atoms with Crippen molar-refractivity contribution in [3.63, 3.8) is 0 Å². The van der Waals surface area contributed by atoms with Gasteiger partial charge in [0.1, 0.15) is 28.0 Å². The maximum absolute atomic E-state index is 12.7. The molecule has 1 amide bonds. The smallest absolute Gasteiger partial charge is 0.289 e. The molecule has 0 spiro atoms. The average Bonchev–Trinajstić information content (AvgIpc) is 3.19. The van der Waals surface area contributed by atoms with Gasteiger partial charge in [-0.2, -0.15) is 0 Å². The van der Waals surface area contributed by atoms with Crippen LogP contribution in [-0.4, -0.2) is 68.9 Å². The Labute approximate surface area is 184 Å². The van der Waals surface area contributed by atoms with E-state index in [0.29, 0.717) is 44.2 Å². The average molecular weight is 449 g/mol. The van der Waals surface area contributed by atoms with Gasteiger partial charge in [-0.1, -0.05) is 32.9 Å². The number of piperazine rings is 1. The van der Waals surface area contributed by atoms with Gasteiger partial charge in [-0.25, -0.2) is 8.42 Å². The van der Waals surface area contributed by atoms with Crippen LogP contribution in [0.4, 0.5) is 0 Å². The fourth-order valence-electron chi connectivity index (χ4n) is 3.40. The molecule has 7 nitrogen and oxygen atoms in total. The zero-order valence-corrected chi connectivity index (χ0v) is 19.6. The van der Waals surface area contributed by atoms with E-state index in [0.717, 1.165) is 5.75 Å². The van der Waals surface area contributed by atoms with Crippen molar-refractivity contribution in [2.24, 2.45) is 0 Å². The molecule has 1 aromatic heterocycles. The molecule has 1 aromatic carbocycles. The first-order valence-electron chi connectivity index (χ1n) is 10.5. The zero-order valence-electron chi connectivity index (χ0n) is 18.8. The van der Waals surface area contributed by atoms with Crippen LogP contribution in [0.3, 0.4) is 0 Å². The number of nitrogens with zero attached hydrogens (tertiary/aromatic N) is 2. The highest BCUT2D eigenvalue weighted by atomic mass is 32.2. The molecule has 8 heteroatoms. The minimum Gasteiger partial charge on any atom is -0.486 e. The second-order valence-corrected chi connectivity index (χ2v) is 11.4. The Balaban J connectivity index is 1.49. The maximum Gasteiger partial charge on any atom is 0.289 e. The highest BCUT2D eigenvalue weighted by molar-refractivity contribution is 7.90. The first-order valence-corrected chi connectivity index (χ1v) is 12.6. The fraction of sp³-hybridized carbons (Fsp3) is 0.522. The summed E-state index contributed by atoms with van der Waals surface area (Å²) < 4.78 is 34.1. The highest BCUT2D eigenvalue weighted by Crippen LogP contribution is 2.25. The van der Waals surface area contributed by atoms with Crippen LogP contribution in [0.5, 0.6) is 5.75 Å². The fourth-order valence-corrected chi connectivity index (χ4v) is 3.99. The zero-order chi connectivity index (χ0) is 22.6. The van der Waals surface area contributed by atoms with Crippen molar-refractivity contribution in [3.05, 3.63) is 53.5 Å². The molecule has 1 aliphatic heterocycles. The molecule has 1 fully saturated rings. The normalized spacial score (nSPS) is 15.8. The number of ether oxygens (including phenoxy) is 1. The van der Waals surface area contributed by atoms with Gasteiger partial charge in [0.05, 0.1) is 5.75 Å². The van der Waals surface area contributed by atoms with Crippen molar-refractivity contribution in [2.45, 2.75) is 32.8 Å². The molecule has 0 aliphatic carbocycles. The number of hydrogen-bond donors (Lipinski definition) is 0. The van der Waals surface area contributed by atoms with Crippen molar-refractivity contribution >= 4 is 15.7 Å². The van der Waals surface area contributed by atoms with Crippen LogP contribution in [0.2, 0.25) is 0 Å². The lowest BCUT2D eigenvalue weighted by molar-refractivity contribution is 0.0609. The van der Waals surface area contributed by atoms with Gasteiger partial charge in [0.2, 0.25) is 0 Å². The molecule has 3 rings (SSSR count). The predicted molar refractivity (Wildman–Crippen MR) is 120 cm³/mol. The van der Waals surface area contributed by atoms with Crippen LogP contribution in [0.15, 0.2) is 40.8 Å². The first-order chi connectivity index (χ1) is 14.5. The number of furan rings is 1. The lowest BCUT2D eigenvalue weighted by Gasteiger charge is -2.34. The molecule has 170 valence electrons. The largest absolute Gasteiger partial charge is 0.486 e. The van der Waals surface area contributed by atoms with Crippen molar-refractivity contribution in [3.8, 4) is 5.75 Å². The minimum absolute atomic E-state index is 0.0913. The second-order valence-electron chi connectivity index (χ2n) is 9.09. The van der Waals surface area contributed by atoms with Crippen LogP contribution in [-0.2, 0) is 21.9 Å². The quantitative estimate of drug-likeness (QED) is 0.648. The SMILES string of the molecule is CC(C)(C)c1ccc(OCc2ccc(C(=O)N3CCN(CCS(C)(=O)=O)CC3)o2)cc1. The van der Waals surface area contributed by atoms with Crippen molar-refractivity contribution < 1.29 is 22.4 Å². The number of benzene rings is 1. The van der Waals surface area contributed by atoms with E-state index in [9.17, 15) is 13.2 Å². The summed E-state index contributed by atoms with van der Waals surface area (Å²) in [5, 5.41) is 0. The molecule has 0 unspecified atom stereocenters. The van der Waals surface area contributed by atoms with E-state index >= 15 is 0 Å². The van der Waals surface area contributed by atoms with E-state index in [4.69, 9.17) is 9.15 Å². The molecule has 0 saturated carbocycles. The highest BCUT2D eigenvalue weighted by Gasteiger charge is 2.24. The number of carbonyl (C=O) groups excluding carboxylic acids is 1. The van der Waals surface area contributed by atoms with Crippen LogP contribution < -0.4 is 4.74 Å². The molecule has 2 aromatic rings. The third kappa shape index (κ3) is 6.83. The molecular weight excluding hydrogens is 416 g/mol. The molecule has 0 bridgehead atoms. The Morgan fingerprint density at radius 1 is 1.03 bits per heavy atom. The van der Waals surface area contributed by atoms with Crippen molar-refractivity contribution in [1.82, 2.24) is 9.80 Å². The first kappa shape index (κ1) is 23.3. The summed E-state index contributed by atoms with van der Waals surface area (Å²) in [7, 11) is -2.98. The molecule has 0 atom stereocenters. The van der Waals surface area contributed by atoms with Gasteiger partial charge in [0.25, 0.3) is 5.91 Å². The molecular formula is C23H32N2O5S. The summed E-state index contributed by atoms with van der Waals surface area (Å²) in [4.78, 5) is 16.5. The number of hydrogen-bond acceptors (Lipinski definition) is 6. The Morgan fingerprint density at radius 3 is 2.26 bits per heavy atom. The molecule has 0 radical (unpaired) electrons. The summed E-state index contributed by atoms with van der Waals surface area (Å²) in [6.07, 6.45) is 1.24. The molecule has 1 aliphatic rings. The predicted octanol–water partition coefficient (Wildman–Crippen LogP) is 2.96. The molecule has 2 heterocycles. The van der Waals surface area contributed by atoms with Crippen LogP contribution in [0.1, 0.15) is 42.6 Å². The van der Waals surface area contributed by atoms with E-state index in [1.54, 1.807) is 17.0 Å².